The molecule has 0 saturated heterocycles. The Balaban J connectivity index is 3.35. The number of carbonyl (C=O) groups excluding carboxylic acids is 1. The zero-order valence-corrected chi connectivity index (χ0v) is 7.08. The van der Waals surface area contributed by atoms with Crippen molar-refractivity contribution in [3.05, 3.63) is 29.3 Å². The van der Waals surface area contributed by atoms with Crippen molar-refractivity contribution in [1.29, 1.82) is 0 Å². The third kappa shape index (κ3) is 1.97. The molecular formula is C8H5ClO4. The van der Waals surface area contributed by atoms with Gasteiger partial charge in [0.2, 0.25) is 0 Å². The fourth-order valence-corrected chi connectivity index (χ4v) is 1.04. The highest BCUT2D eigenvalue weighted by atomic mass is 35.5. The van der Waals surface area contributed by atoms with Crippen LogP contribution < -0.4 is 0 Å². The van der Waals surface area contributed by atoms with E-state index in [2.05, 4.69) is 0 Å². The first-order valence-corrected chi connectivity index (χ1v) is 3.66. The Labute approximate surface area is 78.4 Å². The molecule has 0 fully saturated rings. The topological polar surface area (TPSA) is 74.6 Å². The lowest BCUT2D eigenvalue weighted by Crippen LogP contribution is -2.04. The van der Waals surface area contributed by atoms with Crippen molar-refractivity contribution in [1.82, 2.24) is 0 Å². The molecule has 0 radical (unpaired) electrons. The van der Waals surface area contributed by atoms with E-state index in [1.165, 1.54) is 6.07 Å². The van der Waals surface area contributed by atoms with E-state index in [1.54, 1.807) is 0 Å². The van der Waals surface area contributed by atoms with Gasteiger partial charge in [-0.2, -0.15) is 0 Å². The summed E-state index contributed by atoms with van der Waals surface area (Å²) in [7, 11) is 0. The molecule has 0 aliphatic rings. The maximum Gasteiger partial charge on any atom is 0.336 e. The molecule has 0 aliphatic heterocycles. The normalized spacial score (nSPS) is 9.62. The Morgan fingerprint density at radius 1 is 1.23 bits per heavy atom. The molecule has 4 nitrogen and oxygen atoms in total. The predicted octanol–water partition coefficient (Wildman–Crippen LogP) is 1.47. The summed E-state index contributed by atoms with van der Waals surface area (Å²) in [6.07, 6.45) is 0. The summed E-state index contributed by atoms with van der Waals surface area (Å²) in [5.41, 5.74) is -0.438. The van der Waals surface area contributed by atoms with E-state index >= 15 is 0 Å². The van der Waals surface area contributed by atoms with Crippen LogP contribution in [0.2, 0.25) is 0 Å². The van der Waals surface area contributed by atoms with Crippen LogP contribution in [0.5, 0.6) is 5.75 Å². The molecule has 68 valence electrons. The van der Waals surface area contributed by atoms with Crippen LogP contribution in [0.15, 0.2) is 18.2 Å². The number of benzene rings is 1. The van der Waals surface area contributed by atoms with Gasteiger partial charge in [-0.05, 0) is 29.8 Å². The zero-order valence-electron chi connectivity index (χ0n) is 6.32. The van der Waals surface area contributed by atoms with Gasteiger partial charge in [-0.15, -0.1) is 0 Å². The maximum absolute atomic E-state index is 10.7. The van der Waals surface area contributed by atoms with Crippen molar-refractivity contribution in [2.75, 3.05) is 0 Å². The van der Waals surface area contributed by atoms with Crippen LogP contribution in [0.1, 0.15) is 20.7 Å². The summed E-state index contributed by atoms with van der Waals surface area (Å²) in [5.74, 6) is -1.46. The highest BCUT2D eigenvalue weighted by molar-refractivity contribution is 6.68. The molecule has 0 bridgehead atoms. The van der Waals surface area contributed by atoms with Crippen LogP contribution in [0.25, 0.3) is 0 Å². The Morgan fingerprint density at radius 3 is 2.31 bits per heavy atom. The Hall–Kier alpha value is -1.55. The van der Waals surface area contributed by atoms with Crippen molar-refractivity contribution >= 4 is 22.8 Å². The quantitative estimate of drug-likeness (QED) is 0.709. The highest BCUT2D eigenvalue weighted by Gasteiger charge is 2.14. The number of phenolic OH excluding ortho intramolecular Hbond substituents is 1. The second-order valence-corrected chi connectivity index (χ2v) is 2.65. The molecular weight excluding hydrogens is 196 g/mol. The minimum Gasteiger partial charge on any atom is -0.508 e. The number of carboxylic acid groups (broad SMARTS) is 1. The van der Waals surface area contributed by atoms with Gasteiger partial charge in [0.05, 0.1) is 11.1 Å². The summed E-state index contributed by atoms with van der Waals surface area (Å²) in [4.78, 5) is 21.3. The number of rotatable bonds is 2. The minimum absolute atomic E-state index is 0.200. The van der Waals surface area contributed by atoms with Crippen molar-refractivity contribution in [3.63, 3.8) is 0 Å². The maximum atomic E-state index is 10.7. The average Bonchev–Trinajstić information content (AvgIpc) is 2.03. The van der Waals surface area contributed by atoms with Crippen LogP contribution in [0.4, 0.5) is 0 Å². The molecule has 0 aromatic heterocycles. The molecule has 0 saturated carbocycles. The predicted molar refractivity (Wildman–Crippen MR) is 45.2 cm³/mol. The molecule has 2 N–H and O–H groups in total. The molecule has 0 amide bonds. The fraction of sp³-hybridized carbons (Fsp3) is 0. The molecule has 1 aromatic rings. The van der Waals surface area contributed by atoms with Crippen LogP contribution in [-0.2, 0) is 0 Å². The summed E-state index contributed by atoms with van der Waals surface area (Å²) in [6, 6.07) is 3.30. The number of hydrogen-bond acceptors (Lipinski definition) is 3. The highest BCUT2D eigenvalue weighted by Crippen LogP contribution is 2.18. The third-order valence-corrected chi connectivity index (χ3v) is 1.65. The van der Waals surface area contributed by atoms with Crippen LogP contribution >= 0.6 is 11.6 Å². The molecule has 0 aliphatic carbocycles. The molecule has 0 atom stereocenters. The summed E-state index contributed by atoms with van der Waals surface area (Å²) >= 11 is 5.11. The number of aromatic hydroxyl groups is 1. The van der Waals surface area contributed by atoms with Gasteiger partial charge in [0.15, 0.2) is 0 Å². The van der Waals surface area contributed by atoms with Gasteiger partial charge in [-0.3, -0.25) is 4.79 Å². The smallest absolute Gasteiger partial charge is 0.336 e. The lowest BCUT2D eigenvalue weighted by molar-refractivity contribution is 0.0693. The van der Waals surface area contributed by atoms with Crippen LogP contribution in [-0.4, -0.2) is 21.4 Å². The van der Waals surface area contributed by atoms with E-state index in [0.29, 0.717) is 0 Å². The second kappa shape index (κ2) is 3.45. The summed E-state index contributed by atoms with van der Waals surface area (Å²) in [5, 5.41) is 16.7. The van der Waals surface area contributed by atoms with E-state index in [4.69, 9.17) is 21.8 Å². The first-order valence-electron chi connectivity index (χ1n) is 3.28. The van der Waals surface area contributed by atoms with E-state index in [1.807, 2.05) is 0 Å². The zero-order chi connectivity index (χ0) is 10.0. The SMILES string of the molecule is O=C(O)c1ccc(O)cc1C(=O)Cl. The van der Waals surface area contributed by atoms with Gasteiger partial charge in [0, 0.05) is 0 Å². The van der Waals surface area contributed by atoms with Gasteiger partial charge in [-0.25, -0.2) is 4.79 Å². The van der Waals surface area contributed by atoms with Crippen molar-refractivity contribution < 1.29 is 19.8 Å². The first-order chi connectivity index (χ1) is 6.02. The molecule has 1 rings (SSSR count). The number of halogens is 1. The lowest BCUT2D eigenvalue weighted by atomic mass is 10.1. The number of aromatic carboxylic acids is 1. The number of carbonyl (C=O) groups is 2. The van der Waals surface area contributed by atoms with Crippen LogP contribution in [0.3, 0.4) is 0 Å². The molecule has 0 unspecified atom stereocenters. The average molecular weight is 201 g/mol. The number of hydrogen-bond donors (Lipinski definition) is 2. The van der Waals surface area contributed by atoms with Gasteiger partial charge in [0.25, 0.3) is 5.24 Å². The van der Waals surface area contributed by atoms with Gasteiger partial charge >= 0.3 is 5.97 Å². The van der Waals surface area contributed by atoms with Gasteiger partial charge in [0.1, 0.15) is 5.75 Å². The van der Waals surface area contributed by atoms with Gasteiger partial charge < -0.3 is 10.2 Å². The van der Waals surface area contributed by atoms with E-state index in [0.717, 1.165) is 12.1 Å². The largest absolute Gasteiger partial charge is 0.508 e. The summed E-state index contributed by atoms with van der Waals surface area (Å²) < 4.78 is 0. The molecule has 0 spiro atoms. The molecule has 1 aromatic carbocycles. The minimum atomic E-state index is -1.26. The molecule has 13 heavy (non-hydrogen) atoms. The standard InChI is InChI=1S/C8H5ClO4/c9-7(11)6-3-4(10)1-2-5(6)8(12)13/h1-3,10H,(H,12,13). The van der Waals surface area contributed by atoms with Crippen molar-refractivity contribution in [3.8, 4) is 5.75 Å². The van der Waals surface area contributed by atoms with Crippen LogP contribution in [0, 0.1) is 0 Å². The van der Waals surface area contributed by atoms with E-state index in [-0.39, 0.29) is 16.9 Å². The molecule has 0 heterocycles. The van der Waals surface area contributed by atoms with E-state index in [9.17, 15) is 9.59 Å². The third-order valence-electron chi connectivity index (χ3n) is 1.45. The lowest BCUT2D eigenvalue weighted by Gasteiger charge is -2.00. The number of phenols is 1. The van der Waals surface area contributed by atoms with Crippen molar-refractivity contribution in [2.24, 2.45) is 0 Å². The Bertz CT molecular complexity index is 372. The Morgan fingerprint density at radius 2 is 1.85 bits per heavy atom. The second-order valence-electron chi connectivity index (χ2n) is 2.31. The van der Waals surface area contributed by atoms with Crippen molar-refractivity contribution in [2.45, 2.75) is 0 Å². The Kier molecular flexibility index (Phi) is 2.53. The monoisotopic (exact) mass is 200 g/mol. The summed E-state index contributed by atoms with van der Waals surface area (Å²) in [6.45, 7) is 0. The first kappa shape index (κ1) is 9.54. The fourth-order valence-electron chi connectivity index (χ4n) is 0.881. The molecule has 5 heteroatoms. The van der Waals surface area contributed by atoms with E-state index < -0.39 is 11.2 Å². The number of carboxylic acids is 1. The van der Waals surface area contributed by atoms with Gasteiger partial charge in [-0.1, -0.05) is 0 Å².